The van der Waals surface area contributed by atoms with Crippen molar-refractivity contribution in [3.8, 4) is 0 Å². The predicted molar refractivity (Wildman–Crippen MR) is 78.3 cm³/mol. The fraction of sp³-hybridized carbons (Fsp3) is 0.0714. The normalized spacial score (nSPS) is 10.2. The van der Waals surface area contributed by atoms with E-state index in [0.717, 1.165) is 15.7 Å². The van der Waals surface area contributed by atoms with Gasteiger partial charge in [-0.25, -0.2) is 0 Å². The van der Waals surface area contributed by atoms with Crippen molar-refractivity contribution in [2.24, 2.45) is 0 Å². The number of carbonyl (C=O) groups is 1. The summed E-state index contributed by atoms with van der Waals surface area (Å²) in [6.45, 7) is 1.90. The number of aryl methyl sites for hydroxylation is 1. The third-order valence-electron chi connectivity index (χ3n) is 2.54. The quantitative estimate of drug-likeness (QED) is 0.855. The largest absolute Gasteiger partial charge is 0.322 e. The van der Waals surface area contributed by atoms with Crippen LogP contribution in [0.2, 0.25) is 5.02 Å². The second-order valence-electron chi connectivity index (χ2n) is 3.92. The molecule has 2 rings (SSSR count). The lowest BCUT2D eigenvalue weighted by Gasteiger charge is -2.06. The third-order valence-corrected chi connectivity index (χ3v) is 3.47. The SMILES string of the molecule is Cc1ccc(C(=O)Nc2ccc(Br)cc2)cc1Cl. The summed E-state index contributed by atoms with van der Waals surface area (Å²) in [5.74, 6) is -0.167. The van der Waals surface area contributed by atoms with Gasteiger partial charge in [-0.1, -0.05) is 33.6 Å². The molecule has 0 fully saturated rings. The molecule has 2 aromatic rings. The van der Waals surface area contributed by atoms with Gasteiger partial charge in [0.15, 0.2) is 0 Å². The molecule has 0 aliphatic heterocycles. The van der Waals surface area contributed by atoms with Crippen LogP contribution in [-0.4, -0.2) is 5.91 Å². The van der Waals surface area contributed by atoms with Gasteiger partial charge < -0.3 is 5.32 Å². The summed E-state index contributed by atoms with van der Waals surface area (Å²) in [5, 5.41) is 3.41. The number of hydrogen-bond donors (Lipinski definition) is 1. The van der Waals surface area contributed by atoms with Crippen LogP contribution in [0, 0.1) is 6.92 Å². The van der Waals surface area contributed by atoms with E-state index in [4.69, 9.17) is 11.6 Å². The molecule has 0 atom stereocenters. The second kappa shape index (κ2) is 5.55. The Hall–Kier alpha value is -1.32. The number of halogens is 2. The van der Waals surface area contributed by atoms with Gasteiger partial charge in [0.2, 0.25) is 0 Å². The molecule has 0 radical (unpaired) electrons. The van der Waals surface area contributed by atoms with Gasteiger partial charge in [0, 0.05) is 20.7 Å². The van der Waals surface area contributed by atoms with E-state index in [-0.39, 0.29) is 5.91 Å². The summed E-state index contributed by atoms with van der Waals surface area (Å²) in [4.78, 5) is 12.0. The molecule has 0 heterocycles. The van der Waals surface area contributed by atoms with Crippen LogP contribution in [0.5, 0.6) is 0 Å². The Balaban J connectivity index is 2.16. The molecule has 18 heavy (non-hydrogen) atoms. The van der Waals surface area contributed by atoms with Crippen molar-refractivity contribution < 1.29 is 4.79 Å². The molecule has 0 aromatic heterocycles. The number of carbonyl (C=O) groups excluding carboxylic acids is 1. The Morgan fingerprint density at radius 2 is 1.83 bits per heavy atom. The maximum absolute atomic E-state index is 12.0. The molecule has 2 aromatic carbocycles. The first-order valence-corrected chi connectivity index (χ1v) is 6.56. The third kappa shape index (κ3) is 3.12. The van der Waals surface area contributed by atoms with Gasteiger partial charge in [0.05, 0.1) is 0 Å². The Labute approximate surface area is 119 Å². The second-order valence-corrected chi connectivity index (χ2v) is 5.25. The Kier molecular flexibility index (Phi) is 4.04. The van der Waals surface area contributed by atoms with Gasteiger partial charge in [0.25, 0.3) is 5.91 Å². The lowest BCUT2D eigenvalue weighted by atomic mass is 10.1. The topological polar surface area (TPSA) is 29.1 Å². The first-order valence-electron chi connectivity index (χ1n) is 5.39. The highest BCUT2D eigenvalue weighted by atomic mass is 79.9. The van der Waals surface area contributed by atoms with E-state index >= 15 is 0 Å². The molecule has 0 bridgehead atoms. The van der Waals surface area contributed by atoms with E-state index in [1.807, 2.05) is 37.3 Å². The highest BCUT2D eigenvalue weighted by molar-refractivity contribution is 9.10. The fourth-order valence-electron chi connectivity index (χ4n) is 1.47. The number of hydrogen-bond acceptors (Lipinski definition) is 1. The molecule has 4 heteroatoms. The van der Waals surface area contributed by atoms with E-state index in [0.29, 0.717) is 10.6 Å². The summed E-state index contributed by atoms with van der Waals surface area (Å²) < 4.78 is 0.971. The molecule has 92 valence electrons. The van der Waals surface area contributed by atoms with Crippen molar-refractivity contribution in [3.63, 3.8) is 0 Å². The number of benzene rings is 2. The first kappa shape index (κ1) is 13.1. The van der Waals surface area contributed by atoms with E-state index in [1.165, 1.54) is 0 Å². The minimum Gasteiger partial charge on any atom is -0.322 e. The first-order chi connectivity index (χ1) is 8.56. The Morgan fingerprint density at radius 3 is 2.44 bits per heavy atom. The van der Waals surface area contributed by atoms with Crippen LogP contribution in [0.1, 0.15) is 15.9 Å². The van der Waals surface area contributed by atoms with Crippen LogP contribution in [0.4, 0.5) is 5.69 Å². The van der Waals surface area contributed by atoms with E-state index in [9.17, 15) is 4.79 Å². The van der Waals surface area contributed by atoms with Crippen molar-refractivity contribution in [2.75, 3.05) is 5.32 Å². The number of anilines is 1. The van der Waals surface area contributed by atoms with Gasteiger partial charge in [-0.3, -0.25) is 4.79 Å². The standard InChI is InChI=1S/C14H11BrClNO/c1-9-2-3-10(8-13(9)16)14(18)17-12-6-4-11(15)5-7-12/h2-8H,1H3,(H,17,18). The van der Waals surface area contributed by atoms with Gasteiger partial charge in [-0.15, -0.1) is 0 Å². The molecule has 1 amide bonds. The Morgan fingerprint density at radius 1 is 1.17 bits per heavy atom. The summed E-state index contributed by atoms with van der Waals surface area (Å²) in [6, 6.07) is 12.7. The average molecular weight is 325 g/mol. The zero-order valence-corrected chi connectivity index (χ0v) is 12.0. The summed E-state index contributed by atoms with van der Waals surface area (Å²) in [5.41, 5.74) is 2.25. The molecular formula is C14H11BrClNO. The number of nitrogens with one attached hydrogen (secondary N) is 1. The van der Waals surface area contributed by atoms with Crippen LogP contribution in [0.3, 0.4) is 0 Å². The monoisotopic (exact) mass is 323 g/mol. The lowest BCUT2D eigenvalue weighted by Crippen LogP contribution is -2.11. The van der Waals surface area contributed by atoms with Crippen LogP contribution in [0.15, 0.2) is 46.9 Å². The van der Waals surface area contributed by atoms with E-state index < -0.39 is 0 Å². The van der Waals surface area contributed by atoms with Gasteiger partial charge in [-0.2, -0.15) is 0 Å². The molecule has 0 spiro atoms. The maximum atomic E-state index is 12.0. The van der Waals surface area contributed by atoms with Crippen molar-refractivity contribution in [2.45, 2.75) is 6.92 Å². The van der Waals surface area contributed by atoms with Gasteiger partial charge in [0.1, 0.15) is 0 Å². The molecule has 0 saturated heterocycles. The summed E-state index contributed by atoms with van der Waals surface area (Å²) >= 11 is 9.34. The number of rotatable bonds is 2. The zero-order chi connectivity index (χ0) is 13.1. The summed E-state index contributed by atoms with van der Waals surface area (Å²) in [7, 11) is 0. The lowest BCUT2D eigenvalue weighted by molar-refractivity contribution is 0.102. The highest BCUT2D eigenvalue weighted by Crippen LogP contribution is 2.19. The highest BCUT2D eigenvalue weighted by Gasteiger charge is 2.07. The molecule has 2 nitrogen and oxygen atoms in total. The van der Waals surface area contributed by atoms with Crippen molar-refractivity contribution in [1.29, 1.82) is 0 Å². The smallest absolute Gasteiger partial charge is 0.255 e. The molecule has 0 aliphatic rings. The molecule has 1 N–H and O–H groups in total. The molecule has 0 saturated carbocycles. The van der Waals surface area contributed by atoms with Crippen molar-refractivity contribution in [1.82, 2.24) is 0 Å². The van der Waals surface area contributed by atoms with E-state index in [2.05, 4.69) is 21.2 Å². The zero-order valence-electron chi connectivity index (χ0n) is 9.71. The van der Waals surface area contributed by atoms with Crippen LogP contribution < -0.4 is 5.32 Å². The van der Waals surface area contributed by atoms with Gasteiger partial charge >= 0.3 is 0 Å². The minimum absolute atomic E-state index is 0.167. The van der Waals surface area contributed by atoms with Crippen LogP contribution >= 0.6 is 27.5 Å². The minimum atomic E-state index is -0.167. The van der Waals surface area contributed by atoms with Crippen LogP contribution in [-0.2, 0) is 0 Å². The average Bonchev–Trinajstić information content (AvgIpc) is 2.35. The maximum Gasteiger partial charge on any atom is 0.255 e. The van der Waals surface area contributed by atoms with Crippen molar-refractivity contribution in [3.05, 3.63) is 63.1 Å². The van der Waals surface area contributed by atoms with Crippen LogP contribution in [0.25, 0.3) is 0 Å². The molecule has 0 unspecified atom stereocenters. The van der Waals surface area contributed by atoms with E-state index in [1.54, 1.807) is 12.1 Å². The Bertz CT molecular complexity index is 581. The van der Waals surface area contributed by atoms with Gasteiger partial charge in [-0.05, 0) is 48.9 Å². The predicted octanol–water partition coefficient (Wildman–Crippen LogP) is 4.66. The summed E-state index contributed by atoms with van der Waals surface area (Å²) in [6.07, 6.45) is 0. The number of amides is 1. The molecule has 0 aliphatic carbocycles. The molecular weight excluding hydrogens is 314 g/mol. The van der Waals surface area contributed by atoms with Crippen molar-refractivity contribution >= 4 is 39.1 Å². The fourth-order valence-corrected chi connectivity index (χ4v) is 1.92.